The highest BCUT2D eigenvalue weighted by molar-refractivity contribution is 7.16. The fraction of sp³-hybridized carbons (Fsp3) is 0.312. The van der Waals surface area contributed by atoms with Crippen LogP contribution in [0, 0.1) is 0 Å². The highest BCUT2D eigenvalue weighted by Crippen LogP contribution is 2.29. The van der Waals surface area contributed by atoms with Crippen LogP contribution in [-0.2, 0) is 11.3 Å². The van der Waals surface area contributed by atoms with Crippen molar-refractivity contribution in [2.24, 2.45) is 0 Å². The smallest absolute Gasteiger partial charge is 0.232 e. The molecule has 120 valence electrons. The molecule has 2 aromatic rings. The van der Waals surface area contributed by atoms with Gasteiger partial charge in [0.15, 0.2) is 0 Å². The zero-order valence-corrected chi connectivity index (χ0v) is 14.9. The molecular formula is C16H20Cl2N2OS. The predicted octanol–water partition coefficient (Wildman–Crippen LogP) is 4.68. The summed E-state index contributed by atoms with van der Waals surface area (Å²) in [6.45, 7) is 5.59. The van der Waals surface area contributed by atoms with Crippen molar-refractivity contribution >= 4 is 46.9 Å². The van der Waals surface area contributed by atoms with Crippen LogP contribution >= 0.6 is 35.3 Å². The second-order valence-electron chi connectivity index (χ2n) is 4.79. The van der Waals surface area contributed by atoms with Gasteiger partial charge < -0.3 is 10.6 Å². The molecule has 6 heteroatoms. The molecule has 0 saturated carbocycles. The quantitative estimate of drug-likeness (QED) is 0.787. The van der Waals surface area contributed by atoms with Crippen LogP contribution in [0.3, 0.4) is 0 Å². The van der Waals surface area contributed by atoms with Crippen molar-refractivity contribution in [2.75, 3.05) is 11.9 Å². The van der Waals surface area contributed by atoms with Crippen LogP contribution in [0.5, 0.6) is 0 Å². The summed E-state index contributed by atoms with van der Waals surface area (Å²) in [5.74, 6) is -0.229. The van der Waals surface area contributed by atoms with Gasteiger partial charge in [-0.1, -0.05) is 36.7 Å². The maximum absolute atomic E-state index is 12.4. The number of anilines is 1. The highest BCUT2D eigenvalue weighted by atomic mass is 35.5. The number of halogens is 2. The van der Waals surface area contributed by atoms with Gasteiger partial charge in [-0.05, 0) is 37.2 Å². The SMILES string of the molecule is CCNCc1ccccc1NC(=O)C(C)c1ccc(Cl)s1.Cl. The van der Waals surface area contributed by atoms with E-state index in [0.29, 0.717) is 4.34 Å². The molecule has 0 saturated heterocycles. The number of hydrogen-bond acceptors (Lipinski definition) is 3. The molecule has 22 heavy (non-hydrogen) atoms. The Morgan fingerprint density at radius 3 is 2.64 bits per heavy atom. The Labute approximate surface area is 146 Å². The number of para-hydroxylation sites is 1. The first-order chi connectivity index (χ1) is 10.1. The van der Waals surface area contributed by atoms with Gasteiger partial charge in [-0.25, -0.2) is 0 Å². The molecule has 2 rings (SSSR count). The summed E-state index contributed by atoms with van der Waals surface area (Å²) in [4.78, 5) is 13.4. The van der Waals surface area contributed by atoms with Gasteiger partial charge in [0.2, 0.25) is 5.91 Å². The average Bonchev–Trinajstić information content (AvgIpc) is 2.92. The van der Waals surface area contributed by atoms with E-state index >= 15 is 0 Å². The van der Waals surface area contributed by atoms with Crippen molar-refractivity contribution < 1.29 is 4.79 Å². The van der Waals surface area contributed by atoms with E-state index in [-0.39, 0.29) is 24.2 Å². The molecule has 0 bridgehead atoms. The molecular weight excluding hydrogens is 339 g/mol. The molecule has 1 aromatic heterocycles. The van der Waals surface area contributed by atoms with Crippen LogP contribution in [0.1, 0.15) is 30.2 Å². The number of amides is 1. The molecule has 0 fully saturated rings. The molecule has 3 nitrogen and oxygen atoms in total. The molecule has 0 spiro atoms. The molecule has 0 aliphatic carbocycles. The Morgan fingerprint density at radius 2 is 2.00 bits per heavy atom. The fourth-order valence-corrected chi connectivity index (χ4v) is 3.10. The third-order valence-electron chi connectivity index (χ3n) is 3.25. The summed E-state index contributed by atoms with van der Waals surface area (Å²) in [7, 11) is 0. The molecule has 1 unspecified atom stereocenters. The second-order valence-corrected chi connectivity index (χ2v) is 6.54. The summed E-state index contributed by atoms with van der Waals surface area (Å²) in [5.41, 5.74) is 1.95. The minimum absolute atomic E-state index is 0. The normalized spacial score (nSPS) is 11.6. The lowest BCUT2D eigenvalue weighted by molar-refractivity contribution is -0.117. The number of thiophene rings is 1. The summed E-state index contributed by atoms with van der Waals surface area (Å²) in [6, 6.07) is 11.6. The first-order valence-corrected chi connectivity index (χ1v) is 8.16. The number of hydrogen-bond donors (Lipinski definition) is 2. The largest absolute Gasteiger partial charge is 0.325 e. The predicted molar refractivity (Wildman–Crippen MR) is 97.4 cm³/mol. The van der Waals surface area contributed by atoms with E-state index < -0.39 is 0 Å². The van der Waals surface area contributed by atoms with E-state index in [0.717, 1.165) is 29.2 Å². The first-order valence-electron chi connectivity index (χ1n) is 6.96. The van der Waals surface area contributed by atoms with Crippen molar-refractivity contribution in [3.05, 3.63) is 51.2 Å². The zero-order valence-electron chi connectivity index (χ0n) is 12.6. The molecule has 1 heterocycles. The van der Waals surface area contributed by atoms with Gasteiger partial charge in [-0.2, -0.15) is 0 Å². The standard InChI is InChI=1S/C16H19ClN2OS.ClH/c1-3-18-10-12-6-4-5-7-13(12)19-16(20)11(2)14-8-9-15(17)21-14;/h4-9,11,18H,3,10H2,1-2H3,(H,19,20);1H. The van der Waals surface area contributed by atoms with Gasteiger partial charge >= 0.3 is 0 Å². The fourth-order valence-electron chi connectivity index (χ4n) is 1.99. The van der Waals surface area contributed by atoms with Gasteiger partial charge in [0.25, 0.3) is 0 Å². The number of carbonyl (C=O) groups is 1. The number of carbonyl (C=O) groups excluding carboxylic acids is 1. The lowest BCUT2D eigenvalue weighted by Gasteiger charge is -2.14. The van der Waals surface area contributed by atoms with Gasteiger partial charge in [-0.15, -0.1) is 23.7 Å². The van der Waals surface area contributed by atoms with Gasteiger partial charge in [0, 0.05) is 17.1 Å². The van der Waals surface area contributed by atoms with Crippen LogP contribution in [0.15, 0.2) is 36.4 Å². The number of nitrogens with one attached hydrogen (secondary N) is 2. The first kappa shape index (κ1) is 19.0. The van der Waals surface area contributed by atoms with Crippen LogP contribution in [0.2, 0.25) is 4.34 Å². The zero-order chi connectivity index (χ0) is 15.2. The molecule has 1 aromatic carbocycles. The Hall–Kier alpha value is -1.07. The maximum Gasteiger partial charge on any atom is 0.232 e. The van der Waals surface area contributed by atoms with E-state index in [4.69, 9.17) is 11.6 Å². The summed E-state index contributed by atoms with van der Waals surface area (Å²) in [6.07, 6.45) is 0. The van der Waals surface area contributed by atoms with Crippen LogP contribution in [-0.4, -0.2) is 12.5 Å². The molecule has 2 N–H and O–H groups in total. The van der Waals surface area contributed by atoms with Crippen molar-refractivity contribution in [3.63, 3.8) is 0 Å². The van der Waals surface area contributed by atoms with Gasteiger partial charge in [0.05, 0.1) is 10.3 Å². The molecule has 0 radical (unpaired) electrons. The highest BCUT2D eigenvalue weighted by Gasteiger charge is 2.18. The van der Waals surface area contributed by atoms with E-state index in [9.17, 15) is 4.79 Å². The van der Waals surface area contributed by atoms with Crippen molar-refractivity contribution in [1.82, 2.24) is 5.32 Å². The Bertz CT molecular complexity index is 616. The minimum Gasteiger partial charge on any atom is -0.325 e. The monoisotopic (exact) mass is 358 g/mol. The van der Waals surface area contributed by atoms with Crippen molar-refractivity contribution in [3.8, 4) is 0 Å². The van der Waals surface area contributed by atoms with Crippen molar-refractivity contribution in [1.29, 1.82) is 0 Å². The lowest BCUT2D eigenvalue weighted by atomic mass is 10.1. The topological polar surface area (TPSA) is 41.1 Å². The molecule has 0 aliphatic rings. The van der Waals surface area contributed by atoms with E-state index in [1.165, 1.54) is 11.3 Å². The van der Waals surface area contributed by atoms with Gasteiger partial charge in [-0.3, -0.25) is 4.79 Å². The maximum atomic E-state index is 12.4. The van der Waals surface area contributed by atoms with E-state index in [2.05, 4.69) is 17.6 Å². The Morgan fingerprint density at radius 1 is 1.27 bits per heavy atom. The van der Waals surface area contributed by atoms with Crippen LogP contribution < -0.4 is 10.6 Å². The Kier molecular flexibility index (Phi) is 7.90. The lowest BCUT2D eigenvalue weighted by Crippen LogP contribution is -2.20. The van der Waals surface area contributed by atoms with Crippen molar-refractivity contribution in [2.45, 2.75) is 26.3 Å². The second kappa shape index (κ2) is 9.16. The number of benzene rings is 1. The Balaban J connectivity index is 0.00000242. The number of rotatable bonds is 6. The third-order valence-corrected chi connectivity index (χ3v) is 4.67. The minimum atomic E-state index is -0.213. The summed E-state index contributed by atoms with van der Waals surface area (Å²) in [5, 5.41) is 6.29. The van der Waals surface area contributed by atoms with Crippen LogP contribution in [0.4, 0.5) is 5.69 Å². The molecule has 1 atom stereocenters. The summed E-state index contributed by atoms with van der Waals surface area (Å²) < 4.78 is 0.706. The molecule has 0 aliphatic heterocycles. The van der Waals surface area contributed by atoms with Gasteiger partial charge in [0.1, 0.15) is 0 Å². The van der Waals surface area contributed by atoms with E-state index in [1.807, 2.05) is 43.3 Å². The summed E-state index contributed by atoms with van der Waals surface area (Å²) >= 11 is 7.38. The van der Waals surface area contributed by atoms with Crippen LogP contribution in [0.25, 0.3) is 0 Å². The molecule has 1 amide bonds. The van der Waals surface area contributed by atoms with E-state index in [1.54, 1.807) is 0 Å². The average molecular weight is 359 g/mol. The third kappa shape index (κ3) is 4.99.